The molecule has 0 spiro atoms. The Balaban J connectivity index is 1.45. The van der Waals surface area contributed by atoms with Crippen molar-refractivity contribution in [2.75, 3.05) is 7.11 Å². The van der Waals surface area contributed by atoms with E-state index in [9.17, 15) is 14.4 Å². The Hall–Kier alpha value is -4.13. The number of hydrogen-bond acceptors (Lipinski definition) is 5. The molecule has 7 nitrogen and oxygen atoms in total. The first kappa shape index (κ1) is 25.0. The minimum atomic E-state index is -0.970. The second kappa shape index (κ2) is 11.5. The summed E-state index contributed by atoms with van der Waals surface area (Å²) >= 11 is 0. The third-order valence-corrected chi connectivity index (χ3v) is 6.44. The zero-order chi connectivity index (χ0) is 25.5. The Labute approximate surface area is 211 Å². The maximum absolute atomic E-state index is 13.1. The van der Waals surface area contributed by atoms with Crippen molar-refractivity contribution in [2.24, 2.45) is 5.92 Å². The molecule has 0 saturated carbocycles. The number of benzene rings is 3. The molecule has 0 bridgehead atoms. The van der Waals surface area contributed by atoms with Crippen LogP contribution in [0, 0.1) is 5.92 Å². The van der Waals surface area contributed by atoms with Crippen LogP contribution in [0.25, 0.3) is 0 Å². The zero-order valence-electron chi connectivity index (χ0n) is 20.4. The van der Waals surface area contributed by atoms with Gasteiger partial charge in [0.15, 0.2) is 6.04 Å². The molecule has 4 rings (SSSR count). The predicted molar refractivity (Wildman–Crippen MR) is 135 cm³/mol. The summed E-state index contributed by atoms with van der Waals surface area (Å²) in [5, 5.41) is 2.84. The summed E-state index contributed by atoms with van der Waals surface area (Å²) in [5.41, 5.74) is 2.75. The molecule has 0 aliphatic carbocycles. The number of amides is 3. The van der Waals surface area contributed by atoms with Crippen LogP contribution in [0.3, 0.4) is 0 Å². The van der Waals surface area contributed by atoms with Crippen molar-refractivity contribution in [3.63, 3.8) is 0 Å². The summed E-state index contributed by atoms with van der Waals surface area (Å²) in [4.78, 5) is 40.3. The fourth-order valence-electron chi connectivity index (χ4n) is 4.33. The number of nitrogens with one attached hydrogen (secondary N) is 1. The monoisotopic (exact) mass is 486 g/mol. The molecule has 1 saturated heterocycles. The van der Waals surface area contributed by atoms with Crippen molar-refractivity contribution in [2.45, 2.75) is 38.5 Å². The van der Waals surface area contributed by atoms with Gasteiger partial charge in [-0.15, -0.1) is 0 Å². The Morgan fingerprint density at radius 2 is 1.56 bits per heavy atom. The van der Waals surface area contributed by atoms with Gasteiger partial charge in [-0.1, -0.05) is 72.8 Å². The van der Waals surface area contributed by atoms with Crippen LogP contribution in [0.2, 0.25) is 0 Å². The minimum Gasteiger partial charge on any atom is -0.497 e. The second-order valence-corrected chi connectivity index (χ2v) is 8.82. The lowest BCUT2D eigenvalue weighted by Crippen LogP contribution is -2.68. The van der Waals surface area contributed by atoms with E-state index < -0.39 is 24.0 Å². The topological polar surface area (TPSA) is 84.9 Å². The zero-order valence-corrected chi connectivity index (χ0v) is 20.4. The molecular formula is C29H30N2O5. The predicted octanol–water partition coefficient (Wildman–Crippen LogP) is 4.67. The molecular weight excluding hydrogens is 456 g/mol. The smallest absolute Gasteiger partial charge is 0.330 e. The largest absolute Gasteiger partial charge is 0.497 e. The van der Waals surface area contributed by atoms with Gasteiger partial charge in [0.25, 0.3) is 0 Å². The molecule has 0 radical (unpaired) electrons. The van der Waals surface area contributed by atoms with Crippen molar-refractivity contribution in [3.8, 4) is 5.75 Å². The SMILES string of the molecule is COc1ccc(CCC2C(=O)N(C(=O)NC(C)c3ccccc3)C2C(=O)OCc2ccccc2)cc1. The normalized spacial score (nSPS) is 17.6. The molecule has 3 aromatic carbocycles. The molecule has 1 aliphatic heterocycles. The highest BCUT2D eigenvalue weighted by Gasteiger charge is 2.55. The molecule has 0 aromatic heterocycles. The summed E-state index contributed by atoms with van der Waals surface area (Å²) in [6, 6.07) is 24.4. The van der Waals surface area contributed by atoms with Crippen LogP contribution in [0.4, 0.5) is 4.79 Å². The molecule has 1 aliphatic rings. The van der Waals surface area contributed by atoms with Crippen molar-refractivity contribution < 1.29 is 23.9 Å². The van der Waals surface area contributed by atoms with Crippen LogP contribution in [0.15, 0.2) is 84.9 Å². The van der Waals surface area contributed by atoms with E-state index in [-0.39, 0.29) is 18.6 Å². The van der Waals surface area contributed by atoms with Gasteiger partial charge in [-0.2, -0.15) is 0 Å². The molecule has 3 amide bonds. The van der Waals surface area contributed by atoms with Gasteiger partial charge in [-0.25, -0.2) is 14.5 Å². The standard InChI is InChI=1S/C29H30N2O5/c1-20(23-11-7-4-8-12-23)30-29(34)31-26(28(33)36-19-22-9-5-3-6-10-22)25(27(31)32)18-15-21-13-16-24(35-2)17-14-21/h3-14,16-17,20,25-26H,15,18-19H2,1-2H3,(H,30,34). The minimum absolute atomic E-state index is 0.0748. The molecule has 3 aromatic rings. The molecule has 1 N–H and O–H groups in total. The van der Waals surface area contributed by atoms with Crippen LogP contribution < -0.4 is 10.1 Å². The summed E-state index contributed by atoms with van der Waals surface area (Å²) < 4.78 is 10.7. The van der Waals surface area contributed by atoms with E-state index >= 15 is 0 Å². The summed E-state index contributed by atoms with van der Waals surface area (Å²) in [7, 11) is 1.60. The van der Waals surface area contributed by atoms with Crippen LogP contribution in [0.5, 0.6) is 5.75 Å². The van der Waals surface area contributed by atoms with Crippen molar-refractivity contribution in [1.29, 1.82) is 0 Å². The molecule has 36 heavy (non-hydrogen) atoms. The Bertz CT molecular complexity index is 1180. The van der Waals surface area contributed by atoms with Gasteiger partial charge < -0.3 is 14.8 Å². The van der Waals surface area contributed by atoms with Gasteiger partial charge in [0.2, 0.25) is 5.91 Å². The number of rotatable bonds is 9. The number of urea groups is 1. The molecule has 186 valence electrons. The molecule has 1 fully saturated rings. The highest BCUT2D eigenvalue weighted by Crippen LogP contribution is 2.33. The highest BCUT2D eigenvalue weighted by molar-refractivity contribution is 6.07. The van der Waals surface area contributed by atoms with Crippen LogP contribution in [0.1, 0.15) is 36.1 Å². The Kier molecular flexibility index (Phi) is 8.00. The maximum Gasteiger partial charge on any atom is 0.330 e. The van der Waals surface area contributed by atoms with Crippen molar-refractivity contribution >= 4 is 17.9 Å². The second-order valence-electron chi connectivity index (χ2n) is 8.82. The van der Waals surface area contributed by atoms with Crippen molar-refractivity contribution in [3.05, 3.63) is 102 Å². The first-order valence-corrected chi connectivity index (χ1v) is 12.0. The van der Waals surface area contributed by atoms with Gasteiger partial charge in [0, 0.05) is 0 Å². The average molecular weight is 487 g/mol. The third kappa shape index (κ3) is 5.74. The number of esters is 1. The Morgan fingerprint density at radius 3 is 2.19 bits per heavy atom. The van der Waals surface area contributed by atoms with E-state index in [1.54, 1.807) is 7.11 Å². The van der Waals surface area contributed by atoms with Crippen LogP contribution in [-0.2, 0) is 27.4 Å². The number of aryl methyl sites for hydroxylation is 1. The van der Waals surface area contributed by atoms with Gasteiger partial charge >= 0.3 is 12.0 Å². The number of hydrogen-bond donors (Lipinski definition) is 1. The van der Waals surface area contributed by atoms with E-state index in [1.165, 1.54) is 0 Å². The number of β-lactam (4-membered cyclic amide) rings is 1. The lowest BCUT2D eigenvalue weighted by Gasteiger charge is -2.44. The lowest BCUT2D eigenvalue weighted by molar-refractivity contribution is -0.170. The number of methoxy groups -OCH3 is 1. The Morgan fingerprint density at radius 1 is 0.917 bits per heavy atom. The first-order chi connectivity index (χ1) is 17.5. The van der Waals surface area contributed by atoms with Crippen LogP contribution >= 0.6 is 0 Å². The number of carbonyl (C=O) groups excluding carboxylic acids is 3. The summed E-state index contributed by atoms with van der Waals surface area (Å²) in [5.74, 6) is -0.840. The van der Waals surface area contributed by atoms with E-state index in [0.717, 1.165) is 27.3 Å². The molecule has 7 heteroatoms. The number of likely N-dealkylation sites (tertiary alicyclic amines) is 1. The quantitative estimate of drug-likeness (QED) is 0.351. The van der Waals surface area contributed by atoms with Crippen molar-refractivity contribution in [1.82, 2.24) is 10.2 Å². The highest BCUT2D eigenvalue weighted by atomic mass is 16.5. The van der Waals surface area contributed by atoms with E-state index in [4.69, 9.17) is 9.47 Å². The molecule has 1 heterocycles. The van der Waals surface area contributed by atoms with Crippen LogP contribution in [-0.4, -0.2) is 36.0 Å². The summed E-state index contributed by atoms with van der Waals surface area (Å²) in [6.45, 7) is 1.91. The fourth-order valence-corrected chi connectivity index (χ4v) is 4.33. The molecule has 3 atom stereocenters. The van der Waals surface area contributed by atoms with E-state index in [0.29, 0.717) is 12.8 Å². The van der Waals surface area contributed by atoms with E-state index in [1.807, 2.05) is 91.9 Å². The molecule has 3 unspecified atom stereocenters. The fraction of sp³-hybridized carbons (Fsp3) is 0.276. The number of ether oxygens (including phenoxy) is 2. The van der Waals surface area contributed by atoms with Gasteiger partial charge in [-0.05, 0) is 48.6 Å². The van der Waals surface area contributed by atoms with E-state index in [2.05, 4.69) is 5.32 Å². The lowest BCUT2D eigenvalue weighted by atomic mass is 9.83. The van der Waals surface area contributed by atoms with Gasteiger partial charge in [0.1, 0.15) is 12.4 Å². The number of nitrogens with zero attached hydrogens (tertiary/aromatic N) is 1. The van der Waals surface area contributed by atoms with Gasteiger partial charge in [0.05, 0.1) is 19.1 Å². The summed E-state index contributed by atoms with van der Waals surface area (Å²) in [6.07, 6.45) is 1.01. The third-order valence-electron chi connectivity index (χ3n) is 6.44. The first-order valence-electron chi connectivity index (χ1n) is 12.0. The van der Waals surface area contributed by atoms with Gasteiger partial charge in [-0.3, -0.25) is 4.79 Å². The number of imide groups is 1. The average Bonchev–Trinajstić information content (AvgIpc) is 2.91. The maximum atomic E-state index is 13.1. The number of carbonyl (C=O) groups is 3.